The quantitative estimate of drug-likeness (QED) is 0.722. The van der Waals surface area contributed by atoms with Crippen LogP contribution in [0.1, 0.15) is 19.3 Å². The Bertz CT molecular complexity index is 168. The average Bonchev–Trinajstić information content (AvgIpc) is 2.50. The van der Waals surface area contributed by atoms with Crippen molar-refractivity contribution in [1.82, 2.24) is 15.1 Å². The van der Waals surface area contributed by atoms with Crippen LogP contribution in [-0.2, 0) is 0 Å². The zero-order valence-electron chi connectivity index (χ0n) is 10.0. The predicted molar refractivity (Wildman–Crippen MR) is 64.1 cm³/mol. The van der Waals surface area contributed by atoms with Crippen molar-refractivity contribution in [2.24, 2.45) is 5.92 Å². The average molecular weight is 211 g/mol. The fourth-order valence-corrected chi connectivity index (χ4v) is 2.64. The van der Waals surface area contributed by atoms with Crippen LogP contribution in [0.4, 0.5) is 0 Å². The van der Waals surface area contributed by atoms with E-state index in [1.807, 2.05) is 0 Å². The molecule has 0 bridgehead atoms. The summed E-state index contributed by atoms with van der Waals surface area (Å²) in [5.41, 5.74) is 0. The molecule has 2 aliphatic rings. The van der Waals surface area contributed by atoms with E-state index in [0.717, 1.165) is 5.92 Å². The van der Waals surface area contributed by atoms with E-state index < -0.39 is 0 Å². The molecule has 0 aromatic heterocycles. The van der Waals surface area contributed by atoms with Crippen LogP contribution in [0.15, 0.2) is 0 Å². The van der Waals surface area contributed by atoms with Crippen molar-refractivity contribution in [2.45, 2.75) is 19.3 Å². The van der Waals surface area contributed by atoms with Gasteiger partial charge in [0, 0.05) is 32.7 Å². The second-order valence-corrected chi connectivity index (χ2v) is 5.17. The molecule has 1 atom stereocenters. The molecule has 2 fully saturated rings. The van der Waals surface area contributed by atoms with Gasteiger partial charge in [-0.3, -0.25) is 0 Å². The van der Waals surface area contributed by atoms with Gasteiger partial charge in [-0.05, 0) is 38.9 Å². The second kappa shape index (κ2) is 5.83. The first kappa shape index (κ1) is 11.4. The Balaban J connectivity index is 1.70. The largest absolute Gasteiger partial charge is 0.316 e. The van der Waals surface area contributed by atoms with Gasteiger partial charge in [-0.25, -0.2) is 0 Å². The van der Waals surface area contributed by atoms with Crippen LogP contribution in [0.25, 0.3) is 0 Å². The van der Waals surface area contributed by atoms with E-state index in [-0.39, 0.29) is 0 Å². The monoisotopic (exact) mass is 211 g/mol. The topological polar surface area (TPSA) is 18.5 Å². The number of nitrogens with one attached hydrogen (secondary N) is 1. The molecular formula is C12H25N3. The molecule has 0 amide bonds. The number of nitrogens with zero attached hydrogens (tertiary/aromatic N) is 2. The standard InChI is InChI=1S/C12H25N3/c1-14-6-8-15(9-7-14)11-12-4-2-3-5-13-10-12/h12-13H,2-11H2,1H3. The molecule has 0 aromatic rings. The lowest BCUT2D eigenvalue weighted by Crippen LogP contribution is -2.46. The van der Waals surface area contributed by atoms with Crippen LogP contribution in [0, 0.1) is 5.92 Å². The normalized spacial score (nSPS) is 31.4. The van der Waals surface area contributed by atoms with Crippen molar-refractivity contribution in [3.05, 3.63) is 0 Å². The molecule has 3 nitrogen and oxygen atoms in total. The first-order chi connectivity index (χ1) is 7.34. The SMILES string of the molecule is CN1CCN(CC2CCCCNC2)CC1. The highest BCUT2D eigenvalue weighted by molar-refractivity contribution is 4.75. The van der Waals surface area contributed by atoms with Gasteiger partial charge >= 0.3 is 0 Å². The molecule has 2 rings (SSSR count). The molecule has 0 saturated carbocycles. The summed E-state index contributed by atoms with van der Waals surface area (Å²) >= 11 is 0. The van der Waals surface area contributed by atoms with Crippen LogP contribution in [-0.4, -0.2) is 62.7 Å². The van der Waals surface area contributed by atoms with Gasteiger partial charge in [-0.15, -0.1) is 0 Å². The van der Waals surface area contributed by atoms with Crippen LogP contribution in [0.3, 0.4) is 0 Å². The minimum atomic E-state index is 0.899. The van der Waals surface area contributed by atoms with Gasteiger partial charge in [0.25, 0.3) is 0 Å². The maximum absolute atomic E-state index is 3.56. The summed E-state index contributed by atoms with van der Waals surface area (Å²) in [7, 11) is 2.23. The molecule has 2 saturated heterocycles. The van der Waals surface area contributed by atoms with E-state index in [2.05, 4.69) is 22.2 Å². The van der Waals surface area contributed by atoms with Gasteiger partial charge in [0.15, 0.2) is 0 Å². The van der Waals surface area contributed by atoms with Crippen LogP contribution < -0.4 is 5.32 Å². The van der Waals surface area contributed by atoms with Crippen molar-refractivity contribution < 1.29 is 0 Å². The maximum atomic E-state index is 3.56. The lowest BCUT2D eigenvalue weighted by molar-refractivity contribution is 0.134. The van der Waals surface area contributed by atoms with E-state index in [1.165, 1.54) is 65.1 Å². The summed E-state index contributed by atoms with van der Waals surface area (Å²) in [5, 5.41) is 3.56. The summed E-state index contributed by atoms with van der Waals surface area (Å²) in [5.74, 6) is 0.899. The Morgan fingerprint density at radius 2 is 1.93 bits per heavy atom. The van der Waals surface area contributed by atoms with Crippen molar-refractivity contribution >= 4 is 0 Å². The van der Waals surface area contributed by atoms with Gasteiger partial charge in [0.1, 0.15) is 0 Å². The molecule has 0 radical (unpaired) electrons. The number of hydrogen-bond acceptors (Lipinski definition) is 3. The van der Waals surface area contributed by atoms with Gasteiger partial charge in [-0.2, -0.15) is 0 Å². The maximum Gasteiger partial charge on any atom is 0.0110 e. The Morgan fingerprint density at radius 1 is 1.13 bits per heavy atom. The molecule has 15 heavy (non-hydrogen) atoms. The molecular weight excluding hydrogens is 186 g/mol. The highest BCUT2D eigenvalue weighted by Gasteiger charge is 2.18. The Morgan fingerprint density at radius 3 is 2.73 bits per heavy atom. The highest BCUT2D eigenvalue weighted by Crippen LogP contribution is 2.13. The Labute approximate surface area is 93.8 Å². The Hall–Kier alpha value is -0.120. The van der Waals surface area contributed by atoms with Gasteiger partial charge < -0.3 is 15.1 Å². The molecule has 1 unspecified atom stereocenters. The number of hydrogen-bond donors (Lipinski definition) is 1. The number of likely N-dealkylation sites (N-methyl/N-ethyl adjacent to an activating group) is 1. The molecule has 0 aliphatic carbocycles. The Kier molecular flexibility index (Phi) is 4.42. The summed E-state index contributed by atoms with van der Waals surface area (Å²) < 4.78 is 0. The van der Waals surface area contributed by atoms with Crippen molar-refractivity contribution in [3.8, 4) is 0 Å². The summed E-state index contributed by atoms with van der Waals surface area (Å²) in [6.07, 6.45) is 4.23. The molecule has 0 aromatic carbocycles. The van der Waals surface area contributed by atoms with Crippen molar-refractivity contribution in [3.63, 3.8) is 0 Å². The van der Waals surface area contributed by atoms with Gasteiger partial charge in [-0.1, -0.05) is 6.42 Å². The fourth-order valence-electron chi connectivity index (χ4n) is 2.64. The van der Waals surface area contributed by atoms with Crippen molar-refractivity contribution in [2.75, 3.05) is 52.9 Å². The van der Waals surface area contributed by atoms with Gasteiger partial charge in [0.2, 0.25) is 0 Å². The summed E-state index contributed by atoms with van der Waals surface area (Å²) in [4.78, 5) is 5.08. The van der Waals surface area contributed by atoms with Crippen LogP contribution in [0.2, 0.25) is 0 Å². The van der Waals surface area contributed by atoms with E-state index in [4.69, 9.17) is 0 Å². The lowest BCUT2D eigenvalue weighted by atomic mass is 10.0. The molecule has 88 valence electrons. The van der Waals surface area contributed by atoms with Crippen LogP contribution >= 0.6 is 0 Å². The van der Waals surface area contributed by atoms with Crippen LogP contribution in [0.5, 0.6) is 0 Å². The van der Waals surface area contributed by atoms with E-state index in [1.54, 1.807) is 0 Å². The number of piperazine rings is 1. The fraction of sp³-hybridized carbons (Fsp3) is 1.00. The number of rotatable bonds is 2. The molecule has 0 spiro atoms. The van der Waals surface area contributed by atoms with Crippen molar-refractivity contribution in [1.29, 1.82) is 0 Å². The minimum absolute atomic E-state index is 0.899. The van der Waals surface area contributed by atoms with E-state index in [9.17, 15) is 0 Å². The zero-order chi connectivity index (χ0) is 10.5. The third kappa shape index (κ3) is 3.74. The lowest BCUT2D eigenvalue weighted by Gasteiger charge is -2.34. The third-order valence-corrected chi connectivity index (χ3v) is 3.76. The summed E-state index contributed by atoms with van der Waals surface area (Å²) in [6.45, 7) is 8.84. The predicted octanol–water partition coefficient (Wildman–Crippen LogP) is 0.623. The molecule has 2 heterocycles. The minimum Gasteiger partial charge on any atom is -0.316 e. The smallest absolute Gasteiger partial charge is 0.0110 e. The van der Waals surface area contributed by atoms with Gasteiger partial charge in [0.05, 0.1) is 0 Å². The van der Waals surface area contributed by atoms with E-state index >= 15 is 0 Å². The molecule has 3 heteroatoms. The molecule has 1 N–H and O–H groups in total. The van der Waals surface area contributed by atoms with E-state index in [0.29, 0.717) is 0 Å². The third-order valence-electron chi connectivity index (χ3n) is 3.76. The summed E-state index contributed by atoms with van der Waals surface area (Å²) in [6, 6.07) is 0. The molecule has 2 aliphatic heterocycles. The first-order valence-electron chi connectivity index (χ1n) is 6.46. The zero-order valence-corrected chi connectivity index (χ0v) is 10.0. The highest BCUT2D eigenvalue weighted by atomic mass is 15.2. The second-order valence-electron chi connectivity index (χ2n) is 5.17. The first-order valence-corrected chi connectivity index (χ1v) is 6.46.